The van der Waals surface area contributed by atoms with Gasteiger partial charge in [-0.25, -0.2) is 0 Å². The van der Waals surface area contributed by atoms with Gasteiger partial charge in [0.05, 0.1) is 11.6 Å². The molecule has 1 aromatic heterocycles. The zero-order valence-electron chi connectivity index (χ0n) is 10.5. The van der Waals surface area contributed by atoms with Gasteiger partial charge in [0.25, 0.3) is 5.91 Å². The van der Waals surface area contributed by atoms with Crippen LogP contribution < -0.4 is 5.32 Å². The first-order chi connectivity index (χ1) is 8.58. The molecule has 0 saturated carbocycles. The molecule has 0 aliphatic heterocycles. The number of benzene rings is 1. The molecule has 2 rings (SSSR count). The molecule has 1 heterocycles. The lowest BCUT2D eigenvalue weighted by atomic mass is 10.1. The third kappa shape index (κ3) is 2.68. The van der Waals surface area contributed by atoms with E-state index in [1.54, 1.807) is 6.92 Å². The van der Waals surface area contributed by atoms with Crippen molar-refractivity contribution in [1.82, 2.24) is 15.5 Å². The van der Waals surface area contributed by atoms with Crippen LogP contribution in [0.2, 0.25) is 0 Å². The Bertz CT molecular complexity index is 560. The molecule has 1 atom stereocenters. The van der Waals surface area contributed by atoms with Gasteiger partial charge in [0.1, 0.15) is 0 Å². The molecule has 1 aromatic carbocycles. The predicted molar refractivity (Wildman–Crippen MR) is 69.5 cm³/mol. The van der Waals surface area contributed by atoms with Crippen LogP contribution in [0.3, 0.4) is 0 Å². The molecule has 0 fully saturated rings. The van der Waals surface area contributed by atoms with Crippen molar-refractivity contribution in [3.05, 3.63) is 29.5 Å². The third-order valence-corrected chi connectivity index (χ3v) is 2.78. The summed E-state index contributed by atoms with van der Waals surface area (Å²) in [6, 6.07) is 5.81. The number of nitrogens with one attached hydrogen (secondary N) is 2. The van der Waals surface area contributed by atoms with Crippen LogP contribution in [0.1, 0.15) is 29.4 Å². The Kier molecular flexibility index (Phi) is 3.62. The number of amides is 1. The van der Waals surface area contributed by atoms with Crippen molar-refractivity contribution in [2.24, 2.45) is 0 Å². The monoisotopic (exact) mass is 247 g/mol. The van der Waals surface area contributed by atoms with Crippen molar-refractivity contribution in [2.45, 2.75) is 26.4 Å². The summed E-state index contributed by atoms with van der Waals surface area (Å²) >= 11 is 0. The maximum atomic E-state index is 11.9. The van der Waals surface area contributed by atoms with E-state index in [-0.39, 0.29) is 5.91 Å². The molecule has 3 N–H and O–H groups in total. The van der Waals surface area contributed by atoms with E-state index >= 15 is 0 Å². The van der Waals surface area contributed by atoms with Gasteiger partial charge in [-0.05, 0) is 32.4 Å². The number of carbonyl (C=O) groups excluding carboxylic acids is 1. The number of H-pyrrole nitrogens is 1. The van der Waals surface area contributed by atoms with Crippen LogP contribution in [0, 0.1) is 6.92 Å². The van der Waals surface area contributed by atoms with Gasteiger partial charge in [0.2, 0.25) is 0 Å². The van der Waals surface area contributed by atoms with Crippen molar-refractivity contribution in [2.75, 3.05) is 6.54 Å². The first-order valence-corrected chi connectivity index (χ1v) is 5.99. The van der Waals surface area contributed by atoms with Crippen LogP contribution in [0.25, 0.3) is 10.9 Å². The van der Waals surface area contributed by atoms with Gasteiger partial charge in [-0.3, -0.25) is 9.89 Å². The molecule has 0 aliphatic rings. The van der Waals surface area contributed by atoms with Crippen LogP contribution in [-0.4, -0.2) is 33.9 Å². The highest BCUT2D eigenvalue weighted by atomic mass is 16.3. The Morgan fingerprint density at radius 3 is 3.06 bits per heavy atom. The molecule has 18 heavy (non-hydrogen) atoms. The fraction of sp³-hybridized carbons (Fsp3) is 0.385. The zero-order chi connectivity index (χ0) is 13.1. The van der Waals surface area contributed by atoms with Crippen molar-refractivity contribution < 1.29 is 9.90 Å². The van der Waals surface area contributed by atoms with Gasteiger partial charge in [-0.15, -0.1) is 0 Å². The topological polar surface area (TPSA) is 78.0 Å². The van der Waals surface area contributed by atoms with Gasteiger partial charge >= 0.3 is 0 Å². The number of aromatic amines is 1. The van der Waals surface area contributed by atoms with E-state index in [0.717, 1.165) is 16.5 Å². The summed E-state index contributed by atoms with van der Waals surface area (Å²) in [5.74, 6) is -0.215. The standard InChI is InChI=1S/C13H17N3O2/c1-8-3-4-11-10(7-8)12(16-15-11)13(18)14-6-5-9(2)17/h3-4,7,9,17H,5-6H2,1-2H3,(H,14,18)(H,15,16). The number of aliphatic hydroxyl groups is 1. The minimum absolute atomic E-state index is 0.215. The van der Waals surface area contributed by atoms with Gasteiger partial charge in [-0.1, -0.05) is 11.6 Å². The lowest BCUT2D eigenvalue weighted by Crippen LogP contribution is -2.26. The minimum Gasteiger partial charge on any atom is -0.393 e. The van der Waals surface area contributed by atoms with Crippen LogP contribution in [0.4, 0.5) is 0 Å². The smallest absolute Gasteiger partial charge is 0.272 e. The normalized spacial score (nSPS) is 12.6. The van der Waals surface area contributed by atoms with Crippen molar-refractivity contribution >= 4 is 16.8 Å². The molecule has 5 heteroatoms. The van der Waals surface area contributed by atoms with E-state index in [9.17, 15) is 4.79 Å². The predicted octanol–water partition coefficient (Wildman–Crippen LogP) is 1.37. The lowest BCUT2D eigenvalue weighted by molar-refractivity contribution is 0.0942. The molecule has 0 radical (unpaired) electrons. The van der Waals surface area contributed by atoms with Gasteiger partial charge in [0.15, 0.2) is 5.69 Å². The van der Waals surface area contributed by atoms with Crippen molar-refractivity contribution in [1.29, 1.82) is 0 Å². The Hall–Kier alpha value is -1.88. The van der Waals surface area contributed by atoms with E-state index in [1.807, 2.05) is 25.1 Å². The third-order valence-electron chi connectivity index (χ3n) is 2.78. The second-order valence-corrected chi connectivity index (χ2v) is 4.51. The van der Waals surface area contributed by atoms with E-state index < -0.39 is 6.10 Å². The first-order valence-electron chi connectivity index (χ1n) is 5.99. The number of carbonyl (C=O) groups is 1. The molecular formula is C13H17N3O2. The number of rotatable bonds is 4. The lowest BCUT2D eigenvalue weighted by Gasteiger charge is -2.05. The summed E-state index contributed by atoms with van der Waals surface area (Å²) in [6.07, 6.45) is 0.121. The number of hydrogen-bond donors (Lipinski definition) is 3. The highest BCUT2D eigenvalue weighted by Crippen LogP contribution is 2.17. The molecule has 1 unspecified atom stereocenters. The summed E-state index contributed by atoms with van der Waals surface area (Å²) in [5.41, 5.74) is 2.34. The van der Waals surface area contributed by atoms with Crippen LogP contribution in [-0.2, 0) is 0 Å². The summed E-state index contributed by atoms with van der Waals surface area (Å²) in [6.45, 7) is 4.11. The maximum absolute atomic E-state index is 11.9. The summed E-state index contributed by atoms with van der Waals surface area (Å²) in [5, 5.41) is 19.6. The quantitative estimate of drug-likeness (QED) is 0.763. The Labute approximate surface area is 105 Å². The molecule has 0 saturated heterocycles. The molecule has 0 bridgehead atoms. The molecule has 2 aromatic rings. The Morgan fingerprint density at radius 2 is 2.33 bits per heavy atom. The Morgan fingerprint density at radius 1 is 1.56 bits per heavy atom. The second kappa shape index (κ2) is 5.18. The number of hydrogen-bond acceptors (Lipinski definition) is 3. The highest BCUT2D eigenvalue weighted by Gasteiger charge is 2.13. The minimum atomic E-state index is -0.413. The molecular weight excluding hydrogens is 230 g/mol. The van der Waals surface area contributed by atoms with Crippen LogP contribution in [0.5, 0.6) is 0 Å². The summed E-state index contributed by atoms with van der Waals surface area (Å²) < 4.78 is 0. The zero-order valence-corrected chi connectivity index (χ0v) is 10.5. The molecule has 5 nitrogen and oxygen atoms in total. The average Bonchev–Trinajstić information content (AvgIpc) is 2.71. The largest absolute Gasteiger partial charge is 0.393 e. The van der Waals surface area contributed by atoms with Crippen molar-refractivity contribution in [3.63, 3.8) is 0 Å². The van der Waals surface area contributed by atoms with E-state index in [2.05, 4.69) is 15.5 Å². The Balaban J connectivity index is 2.15. The average molecular weight is 247 g/mol. The first kappa shape index (κ1) is 12.6. The SMILES string of the molecule is Cc1ccc2[nH]nc(C(=O)NCCC(C)O)c2c1. The number of aryl methyl sites for hydroxylation is 1. The fourth-order valence-electron chi connectivity index (χ4n) is 1.78. The molecule has 0 aliphatic carbocycles. The van der Waals surface area contributed by atoms with Crippen LogP contribution >= 0.6 is 0 Å². The summed E-state index contributed by atoms with van der Waals surface area (Å²) in [7, 11) is 0. The number of nitrogens with zero attached hydrogens (tertiary/aromatic N) is 1. The molecule has 96 valence electrons. The van der Waals surface area contributed by atoms with Crippen LogP contribution in [0.15, 0.2) is 18.2 Å². The van der Waals surface area contributed by atoms with E-state index in [4.69, 9.17) is 5.11 Å². The number of aromatic nitrogens is 2. The molecule has 1 amide bonds. The van der Waals surface area contributed by atoms with Crippen molar-refractivity contribution in [3.8, 4) is 0 Å². The van der Waals surface area contributed by atoms with Gasteiger partial charge in [-0.2, -0.15) is 5.10 Å². The second-order valence-electron chi connectivity index (χ2n) is 4.51. The fourth-order valence-corrected chi connectivity index (χ4v) is 1.78. The molecule has 0 spiro atoms. The number of aliphatic hydroxyl groups excluding tert-OH is 1. The highest BCUT2D eigenvalue weighted by molar-refractivity contribution is 6.04. The number of fused-ring (bicyclic) bond motifs is 1. The maximum Gasteiger partial charge on any atom is 0.272 e. The van der Waals surface area contributed by atoms with E-state index in [1.165, 1.54) is 0 Å². The van der Waals surface area contributed by atoms with Gasteiger partial charge in [0, 0.05) is 11.9 Å². The summed E-state index contributed by atoms with van der Waals surface area (Å²) in [4.78, 5) is 11.9. The van der Waals surface area contributed by atoms with E-state index in [0.29, 0.717) is 18.7 Å². The van der Waals surface area contributed by atoms with Gasteiger partial charge < -0.3 is 10.4 Å².